The molecule has 2 fully saturated rings. The Morgan fingerprint density at radius 1 is 1.19 bits per heavy atom. The third-order valence-corrected chi connectivity index (χ3v) is 6.33. The van der Waals surface area contributed by atoms with Crippen molar-refractivity contribution in [2.45, 2.75) is 32.0 Å². The number of amides is 2. The maximum Gasteiger partial charge on any atom is 0.242 e. The van der Waals surface area contributed by atoms with Crippen LogP contribution in [-0.2, 0) is 22.7 Å². The maximum absolute atomic E-state index is 12.8. The highest BCUT2D eigenvalue weighted by atomic mass is 16.5. The lowest BCUT2D eigenvalue weighted by Crippen LogP contribution is -2.41. The van der Waals surface area contributed by atoms with Gasteiger partial charge in [-0.15, -0.1) is 0 Å². The standard InChI is InChI=1S/C24H29N3O4/c1-30-19-9-8-18(21(12-19)31-2)14-25-22(28)20-13-24(23(29)26-20)10-11-27(16-24)15-17-6-4-3-5-7-17/h3-9,12,20H,10-11,13-16H2,1-2H3,(H,25,28)(H,26,29)/t20-,24-/m0/s1. The second-order valence-electron chi connectivity index (χ2n) is 8.35. The molecule has 2 aromatic carbocycles. The molecular formula is C24H29N3O4. The van der Waals surface area contributed by atoms with Gasteiger partial charge in [0.05, 0.1) is 19.6 Å². The molecule has 1 spiro atoms. The Balaban J connectivity index is 1.34. The van der Waals surface area contributed by atoms with Crippen molar-refractivity contribution in [1.82, 2.24) is 15.5 Å². The van der Waals surface area contributed by atoms with Crippen molar-refractivity contribution in [2.75, 3.05) is 27.3 Å². The summed E-state index contributed by atoms with van der Waals surface area (Å²) in [6, 6.07) is 15.2. The van der Waals surface area contributed by atoms with E-state index in [1.807, 2.05) is 30.3 Å². The lowest BCUT2D eigenvalue weighted by atomic mass is 9.84. The molecule has 2 aliphatic rings. The van der Waals surface area contributed by atoms with E-state index in [-0.39, 0.29) is 11.8 Å². The molecule has 2 amide bonds. The second kappa shape index (κ2) is 8.98. The first kappa shape index (κ1) is 21.2. The monoisotopic (exact) mass is 423 g/mol. The van der Waals surface area contributed by atoms with Crippen molar-refractivity contribution >= 4 is 11.8 Å². The summed E-state index contributed by atoms with van der Waals surface area (Å²) in [5.41, 5.74) is 1.61. The number of methoxy groups -OCH3 is 2. The van der Waals surface area contributed by atoms with Gasteiger partial charge in [-0.3, -0.25) is 14.5 Å². The summed E-state index contributed by atoms with van der Waals surface area (Å²) in [7, 11) is 3.18. The molecule has 31 heavy (non-hydrogen) atoms. The minimum atomic E-state index is -0.506. The molecule has 2 N–H and O–H groups in total. The third-order valence-electron chi connectivity index (χ3n) is 6.33. The van der Waals surface area contributed by atoms with Crippen LogP contribution < -0.4 is 20.1 Å². The Labute approximate surface area is 182 Å². The van der Waals surface area contributed by atoms with Crippen LogP contribution in [0.5, 0.6) is 11.5 Å². The first-order chi connectivity index (χ1) is 15.0. The van der Waals surface area contributed by atoms with Crippen LogP contribution in [0.2, 0.25) is 0 Å². The quantitative estimate of drug-likeness (QED) is 0.713. The highest BCUT2D eigenvalue weighted by Crippen LogP contribution is 2.40. The van der Waals surface area contributed by atoms with E-state index in [1.165, 1.54) is 5.56 Å². The summed E-state index contributed by atoms with van der Waals surface area (Å²) in [4.78, 5) is 27.9. The van der Waals surface area contributed by atoms with Gasteiger partial charge >= 0.3 is 0 Å². The molecule has 2 heterocycles. The highest BCUT2D eigenvalue weighted by molar-refractivity contribution is 5.94. The first-order valence-corrected chi connectivity index (χ1v) is 10.6. The molecule has 2 aromatic rings. The average molecular weight is 424 g/mol. The molecule has 2 saturated heterocycles. The van der Waals surface area contributed by atoms with Gasteiger partial charge in [0.15, 0.2) is 0 Å². The lowest BCUT2D eigenvalue weighted by molar-refractivity contribution is -0.128. The maximum atomic E-state index is 12.8. The van der Waals surface area contributed by atoms with Gasteiger partial charge in [-0.25, -0.2) is 0 Å². The zero-order valence-corrected chi connectivity index (χ0v) is 18.0. The van der Waals surface area contributed by atoms with Crippen molar-refractivity contribution in [1.29, 1.82) is 0 Å². The van der Waals surface area contributed by atoms with E-state index in [9.17, 15) is 9.59 Å². The van der Waals surface area contributed by atoms with Crippen LogP contribution in [0.25, 0.3) is 0 Å². The van der Waals surface area contributed by atoms with Gasteiger partial charge in [0.2, 0.25) is 11.8 Å². The number of hydrogen-bond donors (Lipinski definition) is 2. The van der Waals surface area contributed by atoms with Gasteiger partial charge in [0.25, 0.3) is 0 Å². The van der Waals surface area contributed by atoms with Gasteiger partial charge in [0, 0.05) is 31.3 Å². The summed E-state index contributed by atoms with van der Waals surface area (Å²) < 4.78 is 10.6. The van der Waals surface area contributed by atoms with Gasteiger partial charge in [-0.05, 0) is 37.1 Å². The largest absolute Gasteiger partial charge is 0.497 e. The molecule has 0 radical (unpaired) electrons. The van der Waals surface area contributed by atoms with E-state index >= 15 is 0 Å². The Kier molecular flexibility index (Phi) is 6.13. The van der Waals surface area contributed by atoms with E-state index in [2.05, 4.69) is 27.7 Å². The highest BCUT2D eigenvalue weighted by Gasteiger charge is 2.52. The number of likely N-dealkylation sites (tertiary alicyclic amines) is 1. The van der Waals surface area contributed by atoms with Crippen molar-refractivity contribution in [3.05, 3.63) is 59.7 Å². The number of hydrogen-bond acceptors (Lipinski definition) is 5. The second-order valence-corrected chi connectivity index (χ2v) is 8.35. The van der Waals surface area contributed by atoms with Crippen LogP contribution >= 0.6 is 0 Å². The number of carbonyl (C=O) groups is 2. The summed E-state index contributed by atoms with van der Waals surface area (Å²) in [6.07, 6.45) is 1.31. The van der Waals surface area contributed by atoms with Crippen LogP contribution in [0.3, 0.4) is 0 Å². The predicted octanol–water partition coefficient (Wildman–Crippen LogP) is 2.10. The fourth-order valence-electron chi connectivity index (χ4n) is 4.59. The smallest absolute Gasteiger partial charge is 0.242 e. The van der Waals surface area contributed by atoms with Crippen LogP contribution in [0, 0.1) is 5.41 Å². The molecule has 164 valence electrons. The van der Waals surface area contributed by atoms with Gasteiger partial charge in [-0.2, -0.15) is 0 Å². The SMILES string of the molecule is COc1ccc(CNC(=O)[C@@H]2C[C@]3(CCN(Cc4ccccc4)C3)C(=O)N2)c(OC)c1. The Morgan fingerprint density at radius 3 is 2.74 bits per heavy atom. The number of rotatable bonds is 7. The van der Waals surface area contributed by atoms with Gasteiger partial charge in [0.1, 0.15) is 17.5 Å². The fourth-order valence-corrected chi connectivity index (χ4v) is 4.59. The molecule has 7 nitrogen and oxygen atoms in total. The van der Waals surface area contributed by atoms with Crippen molar-refractivity contribution < 1.29 is 19.1 Å². The normalized spacial score (nSPS) is 23.0. The summed E-state index contributed by atoms with van der Waals surface area (Å²) in [5, 5.41) is 5.87. The minimum Gasteiger partial charge on any atom is -0.497 e. The number of ether oxygens (including phenoxy) is 2. The van der Waals surface area contributed by atoms with E-state index in [0.29, 0.717) is 31.0 Å². The summed E-state index contributed by atoms with van der Waals surface area (Å²) in [6.45, 7) is 2.69. The molecule has 0 saturated carbocycles. The van der Waals surface area contributed by atoms with Crippen LogP contribution in [0.15, 0.2) is 48.5 Å². The van der Waals surface area contributed by atoms with Crippen LogP contribution in [-0.4, -0.2) is 50.1 Å². The van der Waals surface area contributed by atoms with Gasteiger partial charge in [-0.1, -0.05) is 30.3 Å². The Morgan fingerprint density at radius 2 is 2.00 bits per heavy atom. The molecule has 2 aliphatic heterocycles. The average Bonchev–Trinajstić information content (AvgIpc) is 3.35. The lowest BCUT2D eigenvalue weighted by Gasteiger charge is -2.21. The minimum absolute atomic E-state index is 0.00904. The molecule has 4 rings (SSSR count). The van der Waals surface area contributed by atoms with Crippen molar-refractivity contribution in [3.8, 4) is 11.5 Å². The summed E-state index contributed by atoms with van der Waals surface area (Å²) >= 11 is 0. The molecule has 7 heteroatoms. The van der Waals surface area contributed by atoms with E-state index in [0.717, 1.165) is 25.1 Å². The summed E-state index contributed by atoms with van der Waals surface area (Å²) in [5.74, 6) is 1.17. The van der Waals surface area contributed by atoms with Crippen molar-refractivity contribution in [3.63, 3.8) is 0 Å². The molecule has 0 aromatic heterocycles. The fraction of sp³-hybridized carbons (Fsp3) is 0.417. The Bertz CT molecular complexity index is 949. The first-order valence-electron chi connectivity index (χ1n) is 10.6. The number of nitrogens with zero attached hydrogens (tertiary/aromatic N) is 1. The van der Waals surface area contributed by atoms with Crippen molar-refractivity contribution in [2.24, 2.45) is 5.41 Å². The number of carbonyl (C=O) groups excluding carboxylic acids is 2. The molecular weight excluding hydrogens is 394 g/mol. The zero-order chi connectivity index (χ0) is 21.8. The third kappa shape index (κ3) is 4.51. The topological polar surface area (TPSA) is 79.9 Å². The zero-order valence-electron chi connectivity index (χ0n) is 18.0. The number of nitrogens with one attached hydrogen (secondary N) is 2. The molecule has 2 atom stereocenters. The molecule has 0 unspecified atom stereocenters. The molecule has 0 bridgehead atoms. The van der Waals surface area contributed by atoms with E-state index in [1.54, 1.807) is 20.3 Å². The van der Waals surface area contributed by atoms with Gasteiger partial charge < -0.3 is 20.1 Å². The van der Waals surface area contributed by atoms with Crippen LogP contribution in [0.1, 0.15) is 24.0 Å². The molecule has 0 aliphatic carbocycles. The van der Waals surface area contributed by atoms with E-state index in [4.69, 9.17) is 9.47 Å². The van der Waals surface area contributed by atoms with Crippen LogP contribution in [0.4, 0.5) is 0 Å². The van der Waals surface area contributed by atoms with E-state index < -0.39 is 11.5 Å². The predicted molar refractivity (Wildman–Crippen MR) is 117 cm³/mol. The Hall–Kier alpha value is -3.06. The number of benzene rings is 2.